The molecule has 0 atom stereocenters. The fourth-order valence-electron chi connectivity index (χ4n) is 1.41. The minimum Gasteiger partial charge on any atom is -0.253 e. The molecule has 0 aliphatic carbocycles. The Morgan fingerprint density at radius 1 is 1.35 bits per heavy atom. The van der Waals surface area contributed by atoms with E-state index in [1.165, 1.54) is 10.3 Å². The molecule has 1 aromatic heterocycles. The Kier molecular flexibility index (Phi) is 3.76. The van der Waals surface area contributed by atoms with Crippen molar-refractivity contribution in [2.45, 2.75) is 44.0 Å². The van der Waals surface area contributed by atoms with Crippen LogP contribution in [0.2, 0.25) is 0 Å². The van der Waals surface area contributed by atoms with Crippen LogP contribution in [0.1, 0.15) is 33.3 Å². The van der Waals surface area contributed by atoms with E-state index in [0.29, 0.717) is 0 Å². The predicted molar refractivity (Wildman–Crippen MR) is 77.7 cm³/mol. The van der Waals surface area contributed by atoms with Gasteiger partial charge in [-0.15, -0.1) is 11.3 Å². The molecule has 1 N–H and O–H groups in total. The molecule has 0 unspecified atom stereocenters. The summed E-state index contributed by atoms with van der Waals surface area (Å²) in [6, 6.07) is 6.52. The van der Waals surface area contributed by atoms with Crippen LogP contribution >= 0.6 is 23.3 Å². The van der Waals surface area contributed by atoms with Gasteiger partial charge in [0.2, 0.25) is 0 Å². The van der Waals surface area contributed by atoms with E-state index in [2.05, 4.69) is 55.6 Å². The van der Waals surface area contributed by atoms with Gasteiger partial charge < -0.3 is 0 Å². The number of nitrogens with zero attached hydrogens (tertiary/aromatic N) is 1. The van der Waals surface area contributed by atoms with Gasteiger partial charge >= 0.3 is 0 Å². The standard InChI is InChI=1S/C13H18N2S2/c1-5-9-6-7-10-11(8-9)16-12(14-10)17-15-13(2,3)4/h6-8,15H,5H2,1-4H3. The van der Waals surface area contributed by atoms with Crippen molar-refractivity contribution >= 4 is 33.5 Å². The first kappa shape index (κ1) is 12.9. The summed E-state index contributed by atoms with van der Waals surface area (Å²) in [7, 11) is 0. The third kappa shape index (κ3) is 3.44. The van der Waals surface area contributed by atoms with Crippen LogP contribution in [0, 0.1) is 0 Å². The Bertz CT molecular complexity index is 512. The molecule has 0 saturated heterocycles. The molecule has 1 aromatic carbocycles. The van der Waals surface area contributed by atoms with E-state index in [0.717, 1.165) is 16.3 Å². The number of thiazole rings is 1. The minimum absolute atomic E-state index is 0.108. The van der Waals surface area contributed by atoms with E-state index >= 15 is 0 Å². The summed E-state index contributed by atoms with van der Waals surface area (Å²) >= 11 is 3.38. The molecule has 2 aromatic rings. The molecule has 0 bridgehead atoms. The summed E-state index contributed by atoms with van der Waals surface area (Å²) in [4.78, 5) is 4.61. The fraction of sp³-hybridized carbons (Fsp3) is 0.462. The molecule has 0 amide bonds. The van der Waals surface area contributed by atoms with Crippen molar-refractivity contribution in [2.75, 3.05) is 0 Å². The number of fused-ring (bicyclic) bond motifs is 1. The maximum atomic E-state index is 4.61. The fourth-order valence-corrected chi connectivity index (χ4v) is 3.27. The van der Waals surface area contributed by atoms with Crippen LogP contribution in [0.25, 0.3) is 10.2 Å². The molecular weight excluding hydrogens is 248 g/mol. The maximum absolute atomic E-state index is 4.61. The van der Waals surface area contributed by atoms with Crippen LogP contribution in [-0.2, 0) is 6.42 Å². The van der Waals surface area contributed by atoms with Crippen molar-refractivity contribution in [3.8, 4) is 0 Å². The zero-order valence-electron chi connectivity index (χ0n) is 10.7. The summed E-state index contributed by atoms with van der Waals surface area (Å²) in [6.07, 6.45) is 1.08. The van der Waals surface area contributed by atoms with Crippen LogP contribution in [0.15, 0.2) is 22.5 Å². The highest BCUT2D eigenvalue weighted by molar-refractivity contribution is 7.99. The lowest BCUT2D eigenvalue weighted by Gasteiger charge is -2.17. The van der Waals surface area contributed by atoms with E-state index in [1.54, 1.807) is 23.3 Å². The first-order valence-electron chi connectivity index (χ1n) is 5.81. The molecule has 4 heteroatoms. The number of hydrogen-bond donors (Lipinski definition) is 1. The lowest BCUT2D eigenvalue weighted by molar-refractivity contribution is 0.535. The Hall–Kier alpha value is -0.580. The Balaban J connectivity index is 2.20. The van der Waals surface area contributed by atoms with Crippen molar-refractivity contribution in [3.05, 3.63) is 23.8 Å². The number of aryl methyl sites for hydroxylation is 1. The molecule has 0 radical (unpaired) electrons. The molecule has 1 heterocycles. The zero-order chi connectivity index (χ0) is 12.5. The molecule has 17 heavy (non-hydrogen) atoms. The van der Waals surface area contributed by atoms with E-state index in [9.17, 15) is 0 Å². The number of nitrogens with one attached hydrogen (secondary N) is 1. The lowest BCUT2D eigenvalue weighted by atomic mass is 10.1. The SMILES string of the molecule is CCc1ccc2nc(SNC(C)(C)C)sc2c1. The van der Waals surface area contributed by atoms with Crippen LogP contribution in [0.5, 0.6) is 0 Å². The van der Waals surface area contributed by atoms with Gasteiger partial charge in [0, 0.05) is 5.54 Å². The lowest BCUT2D eigenvalue weighted by Crippen LogP contribution is -2.29. The summed E-state index contributed by atoms with van der Waals surface area (Å²) in [5.41, 5.74) is 2.59. The second kappa shape index (κ2) is 4.96. The van der Waals surface area contributed by atoms with Gasteiger partial charge in [-0.3, -0.25) is 4.72 Å². The quantitative estimate of drug-likeness (QED) is 0.841. The highest BCUT2D eigenvalue weighted by Crippen LogP contribution is 2.29. The number of aromatic nitrogens is 1. The number of hydrogen-bond acceptors (Lipinski definition) is 4. The first-order valence-corrected chi connectivity index (χ1v) is 7.45. The van der Waals surface area contributed by atoms with Gasteiger partial charge in [-0.25, -0.2) is 4.98 Å². The third-order valence-corrected chi connectivity index (χ3v) is 4.58. The Morgan fingerprint density at radius 3 is 2.76 bits per heavy atom. The molecule has 0 saturated carbocycles. The van der Waals surface area contributed by atoms with Crippen LogP contribution in [-0.4, -0.2) is 10.5 Å². The molecule has 2 rings (SSSR count). The van der Waals surface area contributed by atoms with Gasteiger partial charge in [0.1, 0.15) is 0 Å². The maximum Gasteiger partial charge on any atom is 0.166 e. The summed E-state index contributed by atoms with van der Waals surface area (Å²) in [5.74, 6) is 0. The van der Waals surface area contributed by atoms with E-state index in [4.69, 9.17) is 0 Å². The number of rotatable bonds is 3. The highest BCUT2D eigenvalue weighted by Gasteiger charge is 2.11. The van der Waals surface area contributed by atoms with E-state index < -0.39 is 0 Å². The van der Waals surface area contributed by atoms with E-state index in [1.807, 2.05) is 0 Å². The molecule has 0 aliphatic heterocycles. The van der Waals surface area contributed by atoms with Crippen molar-refractivity contribution in [1.29, 1.82) is 0 Å². The largest absolute Gasteiger partial charge is 0.253 e. The molecular formula is C13H18N2S2. The monoisotopic (exact) mass is 266 g/mol. The summed E-state index contributed by atoms with van der Waals surface area (Å²) in [6.45, 7) is 8.65. The van der Waals surface area contributed by atoms with Gasteiger partial charge in [-0.1, -0.05) is 13.0 Å². The van der Waals surface area contributed by atoms with Crippen molar-refractivity contribution < 1.29 is 0 Å². The van der Waals surface area contributed by atoms with Crippen LogP contribution in [0.4, 0.5) is 0 Å². The molecule has 92 valence electrons. The highest BCUT2D eigenvalue weighted by atomic mass is 32.2. The van der Waals surface area contributed by atoms with Crippen molar-refractivity contribution in [3.63, 3.8) is 0 Å². The average Bonchev–Trinajstić information content (AvgIpc) is 2.66. The third-order valence-electron chi connectivity index (χ3n) is 2.29. The smallest absolute Gasteiger partial charge is 0.166 e. The van der Waals surface area contributed by atoms with Crippen LogP contribution in [0.3, 0.4) is 0 Å². The second-order valence-corrected chi connectivity index (χ2v) is 7.17. The average molecular weight is 266 g/mol. The van der Waals surface area contributed by atoms with Crippen molar-refractivity contribution in [2.24, 2.45) is 0 Å². The molecule has 0 spiro atoms. The normalized spacial score (nSPS) is 12.2. The van der Waals surface area contributed by atoms with Gasteiger partial charge in [-0.05, 0) is 56.8 Å². The van der Waals surface area contributed by atoms with Crippen molar-refractivity contribution in [1.82, 2.24) is 9.71 Å². The van der Waals surface area contributed by atoms with E-state index in [-0.39, 0.29) is 5.54 Å². The molecule has 0 aliphatic rings. The molecule has 2 nitrogen and oxygen atoms in total. The topological polar surface area (TPSA) is 24.9 Å². The van der Waals surface area contributed by atoms with Gasteiger partial charge in [0.05, 0.1) is 10.2 Å². The first-order chi connectivity index (χ1) is 7.98. The summed E-state index contributed by atoms with van der Waals surface area (Å²) < 4.78 is 5.76. The van der Waals surface area contributed by atoms with Gasteiger partial charge in [0.15, 0.2) is 4.34 Å². The second-order valence-electron chi connectivity index (χ2n) is 5.09. The Morgan fingerprint density at radius 2 is 2.12 bits per heavy atom. The van der Waals surface area contributed by atoms with Gasteiger partial charge in [-0.2, -0.15) is 0 Å². The number of benzene rings is 1. The predicted octanol–water partition coefficient (Wildman–Crippen LogP) is 4.25. The summed E-state index contributed by atoms with van der Waals surface area (Å²) in [5, 5.41) is 0. The van der Waals surface area contributed by atoms with Gasteiger partial charge in [0.25, 0.3) is 0 Å². The van der Waals surface area contributed by atoms with Crippen LogP contribution < -0.4 is 4.72 Å². The minimum atomic E-state index is 0.108. The molecule has 0 fully saturated rings. The zero-order valence-corrected chi connectivity index (χ0v) is 12.3. The Labute approximate surface area is 111 Å².